The van der Waals surface area contributed by atoms with Gasteiger partial charge < -0.3 is 15.6 Å². The van der Waals surface area contributed by atoms with Crippen molar-refractivity contribution in [2.24, 2.45) is 7.05 Å². The van der Waals surface area contributed by atoms with Gasteiger partial charge in [-0.3, -0.25) is 0 Å². The largest absolute Gasteiger partial charge is 0.399 e. The molecule has 0 saturated heterocycles. The first-order valence-electron chi connectivity index (χ1n) is 4.35. The smallest absolute Gasteiger partial charge is 0.207 e. The van der Waals surface area contributed by atoms with Gasteiger partial charge in [0.15, 0.2) is 0 Å². The first-order valence-corrected chi connectivity index (χ1v) is 4.35. The second kappa shape index (κ2) is 3.41. The van der Waals surface area contributed by atoms with Gasteiger partial charge in [-0.05, 0) is 18.2 Å². The fourth-order valence-corrected chi connectivity index (χ4v) is 1.23. The van der Waals surface area contributed by atoms with Crippen molar-refractivity contribution >= 4 is 17.3 Å². The molecule has 0 bridgehead atoms. The van der Waals surface area contributed by atoms with E-state index in [4.69, 9.17) is 5.73 Å². The van der Waals surface area contributed by atoms with Crippen molar-refractivity contribution in [3.63, 3.8) is 0 Å². The van der Waals surface area contributed by atoms with Crippen LogP contribution in [0.5, 0.6) is 0 Å². The summed E-state index contributed by atoms with van der Waals surface area (Å²) in [6, 6.07) is 7.57. The quantitative estimate of drug-likeness (QED) is 0.706. The monoisotopic (exact) mass is 188 g/mol. The number of benzene rings is 1. The van der Waals surface area contributed by atoms with Crippen LogP contribution < -0.4 is 11.1 Å². The molecular formula is C10H12N4. The molecule has 0 aliphatic rings. The first-order chi connectivity index (χ1) is 6.75. The van der Waals surface area contributed by atoms with E-state index in [2.05, 4.69) is 10.3 Å². The summed E-state index contributed by atoms with van der Waals surface area (Å²) in [5, 5.41) is 3.16. The molecule has 2 aromatic rings. The topological polar surface area (TPSA) is 55.9 Å². The Morgan fingerprint density at radius 2 is 2.29 bits per heavy atom. The molecule has 0 unspecified atom stereocenters. The number of rotatable bonds is 2. The van der Waals surface area contributed by atoms with Gasteiger partial charge in [0.1, 0.15) is 0 Å². The van der Waals surface area contributed by atoms with Crippen LogP contribution in [0.25, 0.3) is 0 Å². The summed E-state index contributed by atoms with van der Waals surface area (Å²) in [4.78, 5) is 4.15. The molecule has 4 heteroatoms. The molecule has 14 heavy (non-hydrogen) atoms. The van der Waals surface area contributed by atoms with Gasteiger partial charge >= 0.3 is 0 Å². The van der Waals surface area contributed by atoms with E-state index in [-0.39, 0.29) is 0 Å². The number of imidazole rings is 1. The molecule has 72 valence electrons. The fourth-order valence-electron chi connectivity index (χ4n) is 1.23. The molecule has 0 saturated carbocycles. The molecule has 1 aromatic carbocycles. The predicted molar refractivity (Wildman–Crippen MR) is 57.3 cm³/mol. The molecule has 0 aliphatic heterocycles. The number of hydrogen-bond donors (Lipinski definition) is 2. The molecule has 4 nitrogen and oxygen atoms in total. The summed E-state index contributed by atoms with van der Waals surface area (Å²) in [5.74, 6) is 0.801. The summed E-state index contributed by atoms with van der Waals surface area (Å²) in [6.45, 7) is 0. The molecule has 0 spiro atoms. The number of anilines is 3. The highest BCUT2D eigenvalue weighted by Gasteiger charge is 1.98. The minimum atomic E-state index is 0.740. The molecule has 3 N–H and O–H groups in total. The number of hydrogen-bond acceptors (Lipinski definition) is 3. The van der Waals surface area contributed by atoms with Gasteiger partial charge in [-0.25, -0.2) is 4.98 Å². The lowest BCUT2D eigenvalue weighted by molar-refractivity contribution is 0.924. The van der Waals surface area contributed by atoms with E-state index < -0.39 is 0 Å². The van der Waals surface area contributed by atoms with Crippen LogP contribution in [0.4, 0.5) is 17.3 Å². The molecule has 0 aliphatic carbocycles. The summed E-state index contributed by atoms with van der Waals surface area (Å²) < 4.78 is 1.91. The van der Waals surface area contributed by atoms with Crippen LogP contribution in [0.15, 0.2) is 36.7 Å². The SMILES string of the molecule is Cn1ccnc1Nc1cccc(N)c1. The molecule has 0 radical (unpaired) electrons. The van der Waals surface area contributed by atoms with E-state index in [1.165, 1.54) is 0 Å². The average molecular weight is 188 g/mol. The van der Waals surface area contributed by atoms with Gasteiger partial charge in [0.25, 0.3) is 0 Å². The number of aromatic nitrogens is 2. The van der Waals surface area contributed by atoms with Gasteiger partial charge in [0.05, 0.1) is 0 Å². The second-order valence-electron chi connectivity index (χ2n) is 3.11. The Bertz CT molecular complexity index is 433. The second-order valence-corrected chi connectivity index (χ2v) is 3.11. The van der Waals surface area contributed by atoms with Gasteiger partial charge in [-0.15, -0.1) is 0 Å². The zero-order valence-corrected chi connectivity index (χ0v) is 7.94. The Balaban J connectivity index is 2.23. The Morgan fingerprint density at radius 3 is 2.93 bits per heavy atom. The molecule has 1 heterocycles. The van der Waals surface area contributed by atoms with Crippen molar-refractivity contribution in [1.82, 2.24) is 9.55 Å². The molecule has 2 rings (SSSR count). The molecule has 0 atom stereocenters. The number of nitrogens with zero attached hydrogens (tertiary/aromatic N) is 2. The van der Waals surface area contributed by atoms with Crippen molar-refractivity contribution in [3.8, 4) is 0 Å². The minimum absolute atomic E-state index is 0.740. The Hall–Kier alpha value is -1.97. The summed E-state index contributed by atoms with van der Waals surface area (Å²) >= 11 is 0. The van der Waals surface area contributed by atoms with Gasteiger partial charge in [-0.2, -0.15) is 0 Å². The third-order valence-electron chi connectivity index (χ3n) is 1.96. The Labute approximate surface area is 82.4 Å². The summed E-state index contributed by atoms with van der Waals surface area (Å²) in [7, 11) is 1.93. The summed E-state index contributed by atoms with van der Waals surface area (Å²) in [5.41, 5.74) is 7.34. The number of nitrogen functional groups attached to an aromatic ring is 1. The third-order valence-corrected chi connectivity index (χ3v) is 1.96. The van der Waals surface area contributed by atoms with Crippen LogP contribution in [0.1, 0.15) is 0 Å². The van der Waals surface area contributed by atoms with Crippen LogP contribution >= 0.6 is 0 Å². The highest BCUT2D eigenvalue weighted by molar-refractivity contribution is 5.59. The predicted octanol–water partition coefficient (Wildman–Crippen LogP) is 1.75. The van der Waals surface area contributed by atoms with Crippen molar-refractivity contribution in [2.45, 2.75) is 0 Å². The van der Waals surface area contributed by atoms with Crippen LogP contribution in [0.2, 0.25) is 0 Å². The highest BCUT2D eigenvalue weighted by Crippen LogP contribution is 2.16. The Kier molecular flexibility index (Phi) is 2.10. The van der Waals surface area contributed by atoms with Gasteiger partial charge in [0, 0.05) is 30.8 Å². The van der Waals surface area contributed by atoms with Gasteiger partial charge in [0.2, 0.25) is 5.95 Å². The standard InChI is InChI=1S/C10H12N4/c1-14-6-5-12-10(14)13-9-4-2-3-8(11)7-9/h2-7H,11H2,1H3,(H,12,13). The van der Waals surface area contributed by atoms with Crippen molar-refractivity contribution < 1.29 is 0 Å². The van der Waals surface area contributed by atoms with E-state index in [0.717, 1.165) is 17.3 Å². The average Bonchev–Trinajstić information content (AvgIpc) is 2.52. The molecule has 0 amide bonds. The van der Waals surface area contributed by atoms with E-state index >= 15 is 0 Å². The van der Waals surface area contributed by atoms with Crippen LogP contribution in [-0.2, 0) is 7.05 Å². The fraction of sp³-hybridized carbons (Fsp3) is 0.100. The van der Waals surface area contributed by atoms with Crippen molar-refractivity contribution in [2.75, 3.05) is 11.1 Å². The third kappa shape index (κ3) is 1.69. The van der Waals surface area contributed by atoms with Crippen LogP contribution in [0.3, 0.4) is 0 Å². The maximum absolute atomic E-state index is 5.66. The zero-order valence-electron chi connectivity index (χ0n) is 7.94. The highest BCUT2D eigenvalue weighted by atomic mass is 15.2. The van der Waals surface area contributed by atoms with Crippen LogP contribution in [0, 0.1) is 0 Å². The van der Waals surface area contributed by atoms with E-state index in [1.54, 1.807) is 6.20 Å². The zero-order chi connectivity index (χ0) is 9.97. The lowest BCUT2D eigenvalue weighted by atomic mass is 10.3. The summed E-state index contributed by atoms with van der Waals surface area (Å²) in [6.07, 6.45) is 3.63. The molecule has 0 fully saturated rings. The number of aryl methyl sites for hydroxylation is 1. The first kappa shape index (κ1) is 8.62. The Morgan fingerprint density at radius 1 is 1.43 bits per heavy atom. The minimum Gasteiger partial charge on any atom is -0.399 e. The molecular weight excluding hydrogens is 176 g/mol. The van der Waals surface area contributed by atoms with E-state index in [9.17, 15) is 0 Å². The lowest BCUT2D eigenvalue weighted by Crippen LogP contribution is -1.98. The lowest BCUT2D eigenvalue weighted by Gasteiger charge is -2.05. The van der Waals surface area contributed by atoms with Crippen LogP contribution in [-0.4, -0.2) is 9.55 Å². The van der Waals surface area contributed by atoms with E-state index in [0.29, 0.717) is 0 Å². The maximum atomic E-state index is 5.66. The van der Waals surface area contributed by atoms with Crippen molar-refractivity contribution in [1.29, 1.82) is 0 Å². The van der Waals surface area contributed by atoms with Crippen molar-refractivity contribution in [3.05, 3.63) is 36.7 Å². The number of nitrogens with two attached hydrogens (primary N) is 1. The van der Waals surface area contributed by atoms with E-state index in [1.807, 2.05) is 42.1 Å². The number of nitrogens with one attached hydrogen (secondary N) is 1. The molecule has 1 aromatic heterocycles. The maximum Gasteiger partial charge on any atom is 0.207 e. The van der Waals surface area contributed by atoms with Gasteiger partial charge in [-0.1, -0.05) is 6.07 Å². The normalized spacial score (nSPS) is 10.1.